The number of hydrogen-bond donors (Lipinski definition) is 1. The molecule has 2 amide bonds. The number of likely N-dealkylation sites (tertiary alicyclic amines) is 1. The van der Waals surface area contributed by atoms with Crippen LogP contribution < -0.4 is 5.32 Å². The highest BCUT2D eigenvalue weighted by Crippen LogP contribution is 2.12. The van der Waals surface area contributed by atoms with Gasteiger partial charge in [0.15, 0.2) is 0 Å². The molecule has 0 aromatic carbocycles. The summed E-state index contributed by atoms with van der Waals surface area (Å²) < 4.78 is 0. The van der Waals surface area contributed by atoms with E-state index in [1.165, 1.54) is 6.92 Å². The van der Waals surface area contributed by atoms with Gasteiger partial charge in [-0.1, -0.05) is 13.8 Å². The second-order valence-corrected chi connectivity index (χ2v) is 5.52. The Bertz CT molecular complexity index is 345. The standard InChI is InChI=1S/C14H24N2O3/c1-10(2)14(19)15-12-6-8-16(9-7-12)13(18)5-4-11(3)17/h10,12H,4-9H2,1-3H3,(H,15,19). The van der Waals surface area contributed by atoms with Crippen LogP contribution in [0.3, 0.4) is 0 Å². The molecule has 0 aromatic rings. The topological polar surface area (TPSA) is 66.5 Å². The van der Waals surface area contributed by atoms with Crippen molar-refractivity contribution in [1.29, 1.82) is 0 Å². The van der Waals surface area contributed by atoms with Gasteiger partial charge in [0.05, 0.1) is 0 Å². The number of rotatable bonds is 5. The van der Waals surface area contributed by atoms with Gasteiger partial charge in [0.2, 0.25) is 11.8 Å². The number of hydrogen-bond acceptors (Lipinski definition) is 3. The first kappa shape index (κ1) is 15.7. The Kier molecular flexibility index (Phi) is 5.99. The molecule has 0 radical (unpaired) electrons. The predicted molar refractivity (Wildman–Crippen MR) is 72.5 cm³/mol. The average Bonchev–Trinajstić information content (AvgIpc) is 2.36. The van der Waals surface area contributed by atoms with E-state index < -0.39 is 0 Å². The van der Waals surface area contributed by atoms with E-state index in [0.717, 1.165) is 12.8 Å². The number of Topliss-reactive ketones (excluding diaryl/α,β-unsaturated/α-hetero) is 1. The first-order valence-corrected chi connectivity index (χ1v) is 6.97. The third-order valence-corrected chi connectivity index (χ3v) is 3.41. The van der Waals surface area contributed by atoms with Crippen molar-refractivity contribution >= 4 is 17.6 Å². The summed E-state index contributed by atoms with van der Waals surface area (Å²) >= 11 is 0. The fraction of sp³-hybridized carbons (Fsp3) is 0.786. The minimum Gasteiger partial charge on any atom is -0.353 e. The molecule has 0 aliphatic carbocycles. The zero-order valence-corrected chi connectivity index (χ0v) is 12.1. The lowest BCUT2D eigenvalue weighted by atomic mass is 10.0. The van der Waals surface area contributed by atoms with Crippen LogP contribution in [-0.4, -0.2) is 41.6 Å². The fourth-order valence-corrected chi connectivity index (χ4v) is 2.08. The third-order valence-electron chi connectivity index (χ3n) is 3.41. The van der Waals surface area contributed by atoms with Gasteiger partial charge < -0.3 is 15.0 Å². The van der Waals surface area contributed by atoms with E-state index in [2.05, 4.69) is 5.32 Å². The molecular weight excluding hydrogens is 244 g/mol. The van der Waals surface area contributed by atoms with E-state index in [1.54, 1.807) is 4.90 Å². The van der Waals surface area contributed by atoms with Gasteiger partial charge in [0.1, 0.15) is 5.78 Å². The van der Waals surface area contributed by atoms with E-state index in [0.29, 0.717) is 25.9 Å². The molecule has 0 atom stereocenters. The van der Waals surface area contributed by atoms with Gasteiger partial charge in [-0.25, -0.2) is 0 Å². The highest BCUT2D eigenvalue weighted by molar-refractivity contribution is 5.83. The molecule has 1 N–H and O–H groups in total. The Labute approximate surface area is 114 Å². The molecule has 1 fully saturated rings. The smallest absolute Gasteiger partial charge is 0.223 e. The molecule has 0 saturated carbocycles. The van der Waals surface area contributed by atoms with Crippen LogP contribution >= 0.6 is 0 Å². The van der Waals surface area contributed by atoms with Crippen LogP contribution in [0, 0.1) is 5.92 Å². The van der Waals surface area contributed by atoms with Crippen molar-refractivity contribution in [2.45, 2.75) is 52.5 Å². The van der Waals surface area contributed by atoms with Crippen molar-refractivity contribution in [2.75, 3.05) is 13.1 Å². The molecular formula is C14H24N2O3. The Hall–Kier alpha value is -1.39. The minimum absolute atomic E-state index is 0.00442. The Morgan fingerprint density at radius 1 is 1.16 bits per heavy atom. The lowest BCUT2D eigenvalue weighted by Crippen LogP contribution is -2.47. The molecule has 0 unspecified atom stereocenters. The summed E-state index contributed by atoms with van der Waals surface area (Å²) in [4.78, 5) is 36.0. The van der Waals surface area contributed by atoms with E-state index >= 15 is 0 Å². The predicted octanol–water partition coefficient (Wildman–Crippen LogP) is 1.12. The van der Waals surface area contributed by atoms with Crippen LogP contribution in [0.1, 0.15) is 46.5 Å². The van der Waals surface area contributed by atoms with E-state index in [9.17, 15) is 14.4 Å². The van der Waals surface area contributed by atoms with Crippen molar-refractivity contribution in [3.05, 3.63) is 0 Å². The van der Waals surface area contributed by atoms with Crippen LogP contribution in [0.15, 0.2) is 0 Å². The van der Waals surface area contributed by atoms with Gasteiger partial charge in [-0.15, -0.1) is 0 Å². The van der Waals surface area contributed by atoms with Gasteiger partial charge in [0.25, 0.3) is 0 Å². The van der Waals surface area contributed by atoms with Gasteiger partial charge in [0, 0.05) is 37.9 Å². The maximum atomic E-state index is 11.8. The summed E-state index contributed by atoms with van der Waals surface area (Å²) in [6, 6.07) is 0.173. The Morgan fingerprint density at radius 3 is 2.21 bits per heavy atom. The van der Waals surface area contributed by atoms with Crippen molar-refractivity contribution in [3.63, 3.8) is 0 Å². The molecule has 0 aromatic heterocycles. The number of ketones is 1. The summed E-state index contributed by atoms with van der Waals surface area (Å²) in [5.74, 6) is 0.160. The average molecular weight is 268 g/mol. The van der Waals surface area contributed by atoms with Crippen molar-refractivity contribution in [3.8, 4) is 0 Å². The Balaban J connectivity index is 2.30. The van der Waals surface area contributed by atoms with Gasteiger partial charge in [-0.3, -0.25) is 9.59 Å². The highest BCUT2D eigenvalue weighted by Gasteiger charge is 2.24. The first-order valence-electron chi connectivity index (χ1n) is 6.97. The van der Waals surface area contributed by atoms with Crippen LogP contribution in [0.25, 0.3) is 0 Å². The van der Waals surface area contributed by atoms with Crippen LogP contribution in [0.2, 0.25) is 0 Å². The second-order valence-electron chi connectivity index (χ2n) is 5.52. The maximum absolute atomic E-state index is 11.8. The number of carbonyl (C=O) groups is 3. The van der Waals surface area contributed by atoms with Gasteiger partial charge >= 0.3 is 0 Å². The normalized spacial score (nSPS) is 16.5. The van der Waals surface area contributed by atoms with Crippen LogP contribution in [0.4, 0.5) is 0 Å². The monoisotopic (exact) mass is 268 g/mol. The minimum atomic E-state index is -0.00442. The van der Waals surface area contributed by atoms with Crippen LogP contribution in [0.5, 0.6) is 0 Å². The summed E-state index contributed by atoms with van der Waals surface area (Å²) in [5, 5.41) is 3.00. The summed E-state index contributed by atoms with van der Waals surface area (Å²) in [6.07, 6.45) is 2.22. The summed E-state index contributed by atoms with van der Waals surface area (Å²) in [7, 11) is 0. The molecule has 5 heteroatoms. The number of piperidine rings is 1. The summed E-state index contributed by atoms with van der Waals surface area (Å²) in [6.45, 7) is 6.58. The molecule has 5 nitrogen and oxygen atoms in total. The van der Waals surface area contributed by atoms with Crippen molar-refractivity contribution < 1.29 is 14.4 Å². The first-order chi connectivity index (χ1) is 8.90. The largest absolute Gasteiger partial charge is 0.353 e. The summed E-state index contributed by atoms with van der Waals surface area (Å²) in [5.41, 5.74) is 0. The van der Waals surface area contributed by atoms with Crippen molar-refractivity contribution in [2.24, 2.45) is 5.92 Å². The molecule has 19 heavy (non-hydrogen) atoms. The molecule has 1 saturated heterocycles. The van der Waals surface area contributed by atoms with Gasteiger partial charge in [-0.05, 0) is 19.8 Å². The molecule has 0 bridgehead atoms. The number of carbonyl (C=O) groups excluding carboxylic acids is 3. The molecule has 108 valence electrons. The lowest BCUT2D eigenvalue weighted by molar-refractivity contribution is -0.134. The second kappa shape index (κ2) is 7.26. The number of amides is 2. The van der Waals surface area contributed by atoms with Gasteiger partial charge in [-0.2, -0.15) is 0 Å². The number of nitrogens with one attached hydrogen (secondary N) is 1. The zero-order valence-electron chi connectivity index (χ0n) is 12.1. The van der Waals surface area contributed by atoms with Crippen LogP contribution in [-0.2, 0) is 14.4 Å². The quantitative estimate of drug-likeness (QED) is 0.812. The molecule has 1 heterocycles. The fourth-order valence-electron chi connectivity index (χ4n) is 2.08. The molecule has 0 spiro atoms. The highest BCUT2D eigenvalue weighted by atomic mass is 16.2. The SMILES string of the molecule is CC(=O)CCC(=O)N1CCC(NC(=O)C(C)C)CC1. The molecule has 1 aliphatic heterocycles. The van der Waals surface area contributed by atoms with Crippen molar-refractivity contribution in [1.82, 2.24) is 10.2 Å². The Morgan fingerprint density at radius 2 is 1.74 bits per heavy atom. The molecule has 1 aliphatic rings. The third kappa shape index (κ3) is 5.41. The van der Waals surface area contributed by atoms with E-state index in [-0.39, 0.29) is 29.6 Å². The van der Waals surface area contributed by atoms with E-state index in [4.69, 9.17) is 0 Å². The molecule has 1 rings (SSSR count). The zero-order chi connectivity index (χ0) is 14.4. The lowest BCUT2D eigenvalue weighted by Gasteiger charge is -2.32. The maximum Gasteiger partial charge on any atom is 0.223 e. The van der Waals surface area contributed by atoms with E-state index in [1.807, 2.05) is 13.8 Å². The number of nitrogens with zero attached hydrogens (tertiary/aromatic N) is 1.